The summed E-state index contributed by atoms with van der Waals surface area (Å²) in [5.41, 5.74) is 8.60. The molecule has 1 aromatic heterocycles. The standard InChI is InChI=1S/C14H20N4/c1-2-18(11-4-5-11)8-7-14-16-12-6-3-10(15)9-13(12)17-14/h3,6,9,11H,2,4-5,7-8,15H2,1H3,(H,16,17). The van der Waals surface area contributed by atoms with Gasteiger partial charge in [0, 0.05) is 24.7 Å². The molecule has 0 saturated heterocycles. The second kappa shape index (κ2) is 4.61. The molecule has 4 nitrogen and oxygen atoms in total. The third-order valence-corrected chi connectivity index (χ3v) is 3.66. The molecule has 0 unspecified atom stereocenters. The number of nitrogens with zero attached hydrogens (tertiary/aromatic N) is 2. The van der Waals surface area contributed by atoms with Crippen LogP contribution in [0.4, 0.5) is 5.69 Å². The van der Waals surface area contributed by atoms with Crippen molar-refractivity contribution in [3.05, 3.63) is 24.0 Å². The quantitative estimate of drug-likeness (QED) is 0.792. The Kier molecular flexibility index (Phi) is 2.96. The first-order valence-corrected chi connectivity index (χ1v) is 6.74. The van der Waals surface area contributed by atoms with E-state index in [2.05, 4.69) is 21.8 Å². The van der Waals surface area contributed by atoms with Gasteiger partial charge in [-0.05, 0) is 37.6 Å². The molecule has 1 fully saturated rings. The highest BCUT2D eigenvalue weighted by atomic mass is 15.2. The van der Waals surface area contributed by atoms with Gasteiger partial charge in [0.25, 0.3) is 0 Å². The molecule has 1 aromatic carbocycles. The van der Waals surface area contributed by atoms with Crippen molar-refractivity contribution in [1.82, 2.24) is 14.9 Å². The summed E-state index contributed by atoms with van der Waals surface area (Å²) in [6, 6.07) is 6.65. The molecule has 18 heavy (non-hydrogen) atoms. The predicted molar refractivity (Wildman–Crippen MR) is 74.5 cm³/mol. The molecule has 1 heterocycles. The minimum absolute atomic E-state index is 0.783. The molecule has 1 saturated carbocycles. The minimum Gasteiger partial charge on any atom is -0.399 e. The zero-order valence-corrected chi connectivity index (χ0v) is 10.8. The molecule has 0 aliphatic heterocycles. The predicted octanol–water partition coefficient (Wildman–Crippen LogP) is 2.17. The van der Waals surface area contributed by atoms with Crippen molar-refractivity contribution in [2.75, 3.05) is 18.8 Å². The van der Waals surface area contributed by atoms with Gasteiger partial charge in [-0.3, -0.25) is 0 Å². The Labute approximate surface area is 107 Å². The third kappa shape index (κ3) is 2.34. The maximum absolute atomic E-state index is 5.77. The topological polar surface area (TPSA) is 57.9 Å². The molecule has 0 bridgehead atoms. The average molecular weight is 244 g/mol. The molecule has 4 heteroatoms. The molecule has 96 valence electrons. The number of benzene rings is 1. The highest BCUT2D eigenvalue weighted by Crippen LogP contribution is 2.26. The van der Waals surface area contributed by atoms with Crippen LogP contribution in [-0.2, 0) is 6.42 Å². The van der Waals surface area contributed by atoms with E-state index < -0.39 is 0 Å². The van der Waals surface area contributed by atoms with E-state index in [1.54, 1.807) is 0 Å². The number of nitrogens with two attached hydrogens (primary N) is 1. The smallest absolute Gasteiger partial charge is 0.108 e. The Bertz CT molecular complexity index is 542. The van der Waals surface area contributed by atoms with Crippen molar-refractivity contribution in [2.45, 2.75) is 32.2 Å². The fourth-order valence-electron chi connectivity index (χ4n) is 2.49. The number of likely N-dealkylation sites (N-methyl/N-ethyl adjacent to an activating group) is 1. The number of fused-ring (bicyclic) bond motifs is 1. The van der Waals surface area contributed by atoms with Gasteiger partial charge < -0.3 is 15.6 Å². The zero-order chi connectivity index (χ0) is 12.5. The number of H-pyrrole nitrogens is 1. The Morgan fingerprint density at radius 2 is 2.28 bits per heavy atom. The second-order valence-electron chi connectivity index (χ2n) is 5.07. The minimum atomic E-state index is 0.783. The molecule has 1 aliphatic carbocycles. The molecule has 2 aromatic rings. The summed E-state index contributed by atoms with van der Waals surface area (Å²) in [5.74, 6) is 1.06. The molecule has 0 atom stereocenters. The van der Waals surface area contributed by atoms with Gasteiger partial charge in [-0.1, -0.05) is 6.92 Å². The van der Waals surface area contributed by atoms with Gasteiger partial charge in [-0.15, -0.1) is 0 Å². The van der Waals surface area contributed by atoms with Crippen LogP contribution in [0.25, 0.3) is 11.0 Å². The first-order chi connectivity index (χ1) is 8.76. The summed E-state index contributed by atoms with van der Waals surface area (Å²) < 4.78 is 0. The Balaban J connectivity index is 1.70. The van der Waals surface area contributed by atoms with Crippen LogP contribution in [-0.4, -0.2) is 34.0 Å². The molecule has 0 radical (unpaired) electrons. The third-order valence-electron chi connectivity index (χ3n) is 3.66. The number of hydrogen-bond acceptors (Lipinski definition) is 3. The Hall–Kier alpha value is -1.55. The summed E-state index contributed by atoms with van der Waals surface area (Å²) in [6.07, 6.45) is 3.72. The lowest BCUT2D eigenvalue weighted by Crippen LogP contribution is -2.28. The van der Waals surface area contributed by atoms with Crippen LogP contribution in [0.15, 0.2) is 18.2 Å². The molecule has 1 aliphatic rings. The van der Waals surface area contributed by atoms with Crippen molar-refractivity contribution >= 4 is 16.7 Å². The van der Waals surface area contributed by atoms with Crippen molar-refractivity contribution in [1.29, 1.82) is 0 Å². The van der Waals surface area contributed by atoms with E-state index in [9.17, 15) is 0 Å². The maximum Gasteiger partial charge on any atom is 0.108 e. The number of aromatic amines is 1. The molecule has 3 N–H and O–H groups in total. The molecular formula is C14H20N4. The van der Waals surface area contributed by atoms with Crippen LogP contribution < -0.4 is 5.73 Å². The van der Waals surface area contributed by atoms with Crippen LogP contribution in [0.5, 0.6) is 0 Å². The van der Waals surface area contributed by atoms with Crippen LogP contribution in [0.1, 0.15) is 25.6 Å². The van der Waals surface area contributed by atoms with Crippen molar-refractivity contribution in [3.8, 4) is 0 Å². The van der Waals surface area contributed by atoms with Crippen LogP contribution in [0, 0.1) is 0 Å². The Morgan fingerprint density at radius 1 is 1.44 bits per heavy atom. The SMILES string of the molecule is CCN(CCc1nc2ccc(N)cc2[nH]1)C1CC1. The van der Waals surface area contributed by atoms with E-state index in [-0.39, 0.29) is 0 Å². The highest BCUT2D eigenvalue weighted by molar-refractivity contribution is 5.78. The monoisotopic (exact) mass is 244 g/mol. The summed E-state index contributed by atoms with van der Waals surface area (Å²) in [5, 5.41) is 0. The van der Waals surface area contributed by atoms with Crippen molar-refractivity contribution < 1.29 is 0 Å². The number of aromatic nitrogens is 2. The first-order valence-electron chi connectivity index (χ1n) is 6.74. The second-order valence-corrected chi connectivity index (χ2v) is 5.07. The van der Waals surface area contributed by atoms with E-state index in [1.807, 2.05) is 18.2 Å². The summed E-state index contributed by atoms with van der Waals surface area (Å²) in [4.78, 5) is 10.5. The normalized spacial score (nSPS) is 15.7. The van der Waals surface area contributed by atoms with Crippen LogP contribution in [0.2, 0.25) is 0 Å². The van der Waals surface area contributed by atoms with E-state index in [1.165, 1.54) is 12.8 Å². The van der Waals surface area contributed by atoms with Crippen LogP contribution >= 0.6 is 0 Å². The lowest BCUT2D eigenvalue weighted by Gasteiger charge is -2.18. The molecular weight excluding hydrogens is 224 g/mol. The van der Waals surface area contributed by atoms with Gasteiger partial charge >= 0.3 is 0 Å². The van der Waals surface area contributed by atoms with Gasteiger partial charge in [-0.2, -0.15) is 0 Å². The molecule has 0 spiro atoms. The van der Waals surface area contributed by atoms with E-state index >= 15 is 0 Å². The number of rotatable bonds is 5. The van der Waals surface area contributed by atoms with Crippen molar-refractivity contribution in [3.63, 3.8) is 0 Å². The van der Waals surface area contributed by atoms with Gasteiger partial charge in [0.15, 0.2) is 0 Å². The lowest BCUT2D eigenvalue weighted by atomic mass is 10.3. The fourth-order valence-corrected chi connectivity index (χ4v) is 2.49. The number of anilines is 1. The fraction of sp³-hybridized carbons (Fsp3) is 0.500. The van der Waals surface area contributed by atoms with Gasteiger partial charge in [0.05, 0.1) is 11.0 Å². The highest BCUT2D eigenvalue weighted by Gasteiger charge is 2.27. The first kappa shape index (κ1) is 11.5. The maximum atomic E-state index is 5.77. The number of nitrogens with one attached hydrogen (secondary N) is 1. The van der Waals surface area contributed by atoms with E-state index in [4.69, 9.17) is 5.73 Å². The van der Waals surface area contributed by atoms with Gasteiger partial charge in [0.1, 0.15) is 5.82 Å². The summed E-state index contributed by atoms with van der Waals surface area (Å²) in [7, 11) is 0. The largest absolute Gasteiger partial charge is 0.399 e. The molecule has 3 rings (SSSR count). The Morgan fingerprint density at radius 3 is 3.00 bits per heavy atom. The number of imidazole rings is 1. The van der Waals surface area contributed by atoms with Crippen molar-refractivity contribution in [2.24, 2.45) is 0 Å². The molecule has 0 amide bonds. The number of hydrogen-bond donors (Lipinski definition) is 2. The lowest BCUT2D eigenvalue weighted by molar-refractivity contribution is 0.280. The van der Waals surface area contributed by atoms with Crippen LogP contribution in [0.3, 0.4) is 0 Å². The zero-order valence-electron chi connectivity index (χ0n) is 10.8. The van der Waals surface area contributed by atoms with E-state index in [0.29, 0.717) is 0 Å². The average Bonchev–Trinajstić information content (AvgIpc) is 3.10. The summed E-state index contributed by atoms with van der Waals surface area (Å²) >= 11 is 0. The van der Waals surface area contributed by atoms with Gasteiger partial charge in [-0.25, -0.2) is 4.98 Å². The van der Waals surface area contributed by atoms with Gasteiger partial charge in [0.2, 0.25) is 0 Å². The number of nitrogen functional groups attached to an aromatic ring is 1. The summed E-state index contributed by atoms with van der Waals surface area (Å²) in [6.45, 7) is 4.46. The van der Waals surface area contributed by atoms with E-state index in [0.717, 1.165) is 48.1 Å².